The van der Waals surface area contributed by atoms with Gasteiger partial charge >= 0.3 is 0 Å². The number of carbonyl (C=O) groups is 2. The molecule has 2 N–H and O–H groups in total. The lowest BCUT2D eigenvalue weighted by atomic mass is 10.1. The van der Waals surface area contributed by atoms with Crippen molar-refractivity contribution in [1.29, 1.82) is 0 Å². The molecule has 0 saturated carbocycles. The molecule has 3 aromatic rings. The van der Waals surface area contributed by atoms with Crippen molar-refractivity contribution in [1.82, 2.24) is 10.3 Å². The summed E-state index contributed by atoms with van der Waals surface area (Å²) in [5.41, 5.74) is 2.64. The highest BCUT2D eigenvalue weighted by Crippen LogP contribution is 2.23. The van der Waals surface area contributed by atoms with E-state index in [-0.39, 0.29) is 18.4 Å². The average molecular weight is 400 g/mol. The summed E-state index contributed by atoms with van der Waals surface area (Å²) >= 11 is 7.55. The van der Waals surface area contributed by atoms with Crippen molar-refractivity contribution < 1.29 is 9.59 Å². The predicted molar refractivity (Wildman–Crippen MR) is 109 cm³/mol. The summed E-state index contributed by atoms with van der Waals surface area (Å²) < 4.78 is 0. The number of benzene rings is 2. The van der Waals surface area contributed by atoms with Crippen LogP contribution in [0.2, 0.25) is 5.02 Å². The maximum atomic E-state index is 12.0. The third kappa shape index (κ3) is 5.39. The molecule has 0 aliphatic carbocycles. The quantitative estimate of drug-likeness (QED) is 0.656. The van der Waals surface area contributed by atoms with E-state index in [0.29, 0.717) is 17.1 Å². The molecular weight excluding hydrogens is 382 g/mol. The molecule has 1 aromatic heterocycles. The summed E-state index contributed by atoms with van der Waals surface area (Å²) in [6.45, 7) is 1.85. The fourth-order valence-corrected chi connectivity index (χ4v) is 3.48. The van der Waals surface area contributed by atoms with E-state index < -0.39 is 0 Å². The summed E-state index contributed by atoms with van der Waals surface area (Å²) in [5, 5.41) is 6.53. The molecule has 0 spiro atoms. The molecule has 7 heteroatoms. The molecule has 0 aliphatic rings. The number of nitrogens with zero attached hydrogens (tertiary/aromatic N) is 1. The first-order chi connectivity index (χ1) is 13.0. The van der Waals surface area contributed by atoms with Crippen LogP contribution in [0.15, 0.2) is 54.7 Å². The maximum Gasteiger partial charge on any atom is 0.251 e. The smallest absolute Gasteiger partial charge is 0.251 e. The molecule has 2 aromatic carbocycles. The Morgan fingerprint density at radius 3 is 2.67 bits per heavy atom. The molecule has 0 unspecified atom stereocenters. The van der Waals surface area contributed by atoms with Gasteiger partial charge in [-0.05, 0) is 36.2 Å². The number of nitrogens with one attached hydrogen (secondary N) is 2. The Bertz CT molecular complexity index is 957. The lowest BCUT2D eigenvalue weighted by Crippen LogP contribution is -2.32. The van der Waals surface area contributed by atoms with Gasteiger partial charge in [0.2, 0.25) is 5.91 Å². The zero-order chi connectivity index (χ0) is 19.2. The van der Waals surface area contributed by atoms with Crippen molar-refractivity contribution >= 4 is 39.9 Å². The van der Waals surface area contributed by atoms with E-state index >= 15 is 0 Å². The second kappa shape index (κ2) is 8.79. The zero-order valence-electron chi connectivity index (χ0n) is 14.7. The minimum Gasteiger partial charge on any atom is -0.343 e. The molecule has 0 radical (unpaired) electrons. The van der Waals surface area contributed by atoms with E-state index in [9.17, 15) is 9.59 Å². The van der Waals surface area contributed by atoms with Crippen LogP contribution in [-0.2, 0) is 11.2 Å². The Hall–Kier alpha value is -2.70. The molecule has 0 bridgehead atoms. The van der Waals surface area contributed by atoms with Crippen LogP contribution in [-0.4, -0.2) is 23.3 Å². The van der Waals surface area contributed by atoms with E-state index in [4.69, 9.17) is 11.6 Å². The van der Waals surface area contributed by atoms with Gasteiger partial charge in [0.15, 0.2) is 5.13 Å². The molecule has 27 heavy (non-hydrogen) atoms. The summed E-state index contributed by atoms with van der Waals surface area (Å²) in [7, 11) is 0. The van der Waals surface area contributed by atoms with Crippen molar-refractivity contribution in [2.24, 2.45) is 0 Å². The van der Waals surface area contributed by atoms with E-state index in [2.05, 4.69) is 15.6 Å². The van der Waals surface area contributed by atoms with Crippen molar-refractivity contribution in [3.8, 4) is 0 Å². The average Bonchev–Trinajstić information content (AvgIpc) is 3.10. The van der Waals surface area contributed by atoms with Gasteiger partial charge in [-0.15, -0.1) is 11.3 Å². The Morgan fingerprint density at radius 1 is 1.15 bits per heavy atom. The number of thiazole rings is 1. The van der Waals surface area contributed by atoms with E-state index in [1.165, 1.54) is 11.3 Å². The van der Waals surface area contributed by atoms with Gasteiger partial charge in [-0.1, -0.05) is 41.9 Å². The first kappa shape index (κ1) is 19.1. The van der Waals surface area contributed by atoms with Crippen molar-refractivity contribution in [3.05, 3.63) is 81.3 Å². The Kier molecular flexibility index (Phi) is 6.21. The Labute approximate surface area is 166 Å². The van der Waals surface area contributed by atoms with Gasteiger partial charge in [0.05, 0.1) is 6.54 Å². The van der Waals surface area contributed by atoms with E-state index in [0.717, 1.165) is 21.0 Å². The van der Waals surface area contributed by atoms with Crippen LogP contribution in [0.4, 0.5) is 5.13 Å². The van der Waals surface area contributed by atoms with Gasteiger partial charge in [0.1, 0.15) is 0 Å². The monoisotopic (exact) mass is 399 g/mol. The first-order valence-electron chi connectivity index (χ1n) is 8.34. The minimum absolute atomic E-state index is 0.115. The van der Waals surface area contributed by atoms with Gasteiger partial charge < -0.3 is 10.6 Å². The number of anilines is 1. The lowest BCUT2D eigenvalue weighted by molar-refractivity contribution is -0.115. The first-order valence-corrected chi connectivity index (χ1v) is 9.53. The molecule has 3 rings (SSSR count). The molecule has 1 heterocycles. The van der Waals surface area contributed by atoms with Crippen LogP contribution in [0.1, 0.15) is 26.4 Å². The van der Waals surface area contributed by atoms with Crippen LogP contribution in [0.5, 0.6) is 0 Å². The minimum atomic E-state index is -0.321. The van der Waals surface area contributed by atoms with Crippen LogP contribution in [0.25, 0.3) is 0 Å². The van der Waals surface area contributed by atoms with Crippen molar-refractivity contribution in [2.45, 2.75) is 13.3 Å². The third-order valence-electron chi connectivity index (χ3n) is 3.86. The molecule has 138 valence electrons. The van der Waals surface area contributed by atoms with Crippen LogP contribution in [0, 0.1) is 6.92 Å². The molecule has 0 aliphatic heterocycles. The van der Waals surface area contributed by atoms with Crippen LogP contribution in [0.3, 0.4) is 0 Å². The number of hydrogen-bond acceptors (Lipinski definition) is 4. The predicted octanol–water partition coefficient (Wildman–Crippen LogP) is 4.06. The number of rotatable bonds is 6. The number of carbonyl (C=O) groups excluding carboxylic acids is 2. The van der Waals surface area contributed by atoms with Crippen molar-refractivity contribution in [3.63, 3.8) is 0 Å². The number of halogens is 1. The summed E-state index contributed by atoms with van der Waals surface area (Å²) in [4.78, 5) is 29.2. The highest BCUT2D eigenvalue weighted by molar-refractivity contribution is 7.15. The molecule has 0 fully saturated rings. The van der Waals surface area contributed by atoms with Crippen molar-refractivity contribution in [2.75, 3.05) is 11.9 Å². The highest BCUT2D eigenvalue weighted by Gasteiger charge is 2.10. The Balaban J connectivity index is 1.51. The van der Waals surface area contributed by atoms with Gasteiger partial charge in [-0.2, -0.15) is 0 Å². The number of aryl methyl sites for hydroxylation is 1. The largest absolute Gasteiger partial charge is 0.343 e. The standard InChI is InChI=1S/C20H18ClN3O2S/c1-13-7-8-14(10-17(13)21)9-16-11-23-20(27-16)24-18(25)12-22-19(26)15-5-3-2-4-6-15/h2-8,10-11H,9,12H2,1H3,(H,22,26)(H,23,24,25). The van der Waals surface area contributed by atoms with Gasteiger partial charge in [0, 0.05) is 28.1 Å². The number of hydrogen-bond donors (Lipinski definition) is 2. The summed E-state index contributed by atoms with van der Waals surface area (Å²) in [5.74, 6) is -0.611. The SMILES string of the molecule is Cc1ccc(Cc2cnc(NC(=O)CNC(=O)c3ccccc3)s2)cc1Cl. The van der Waals surface area contributed by atoms with E-state index in [1.807, 2.05) is 31.2 Å². The Morgan fingerprint density at radius 2 is 1.93 bits per heavy atom. The van der Waals surface area contributed by atoms with Gasteiger partial charge in [-0.25, -0.2) is 4.98 Å². The maximum absolute atomic E-state index is 12.0. The normalized spacial score (nSPS) is 10.4. The highest BCUT2D eigenvalue weighted by atomic mass is 35.5. The second-order valence-electron chi connectivity index (χ2n) is 5.99. The zero-order valence-corrected chi connectivity index (χ0v) is 16.2. The second-order valence-corrected chi connectivity index (χ2v) is 7.51. The topological polar surface area (TPSA) is 71.1 Å². The van der Waals surface area contributed by atoms with Crippen LogP contribution >= 0.6 is 22.9 Å². The summed E-state index contributed by atoms with van der Waals surface area (Å²) in [6, 6.07) is 14.7. The summed E-state index contributed by atoms with van der Waals surface area (Å²) in [6.07, 6.45) is 2.43. The van der Waals surface area contributed by atoms with E-state index in [1.54, 1.807) is 30.5 Å². The lowest BCUT2D eigenvalue weighted by Gasteiger charge is -2.05. The fraction of sp³-hybridized carbons (Fsp3) is 0.150. The third-order valence-corrected chi connectivity index (χ3v) is 5.18. The molecule has 2 amide bonds. The number of amides is 2. The fourth-order valence-electron chi connectivity index (χ4n) is 2.41. The molecule has 0 saturated heterocycles. The van der Waals surface area contributed by atoms with Crippen LogP contribution < -0.4 is 10.6 Å². The molecular formula is C20H18ClN3O2S. The molecule has 0 atom stereocenters. The van der Waals surface area contributed by atoms with Gasteiger partial charge in [-0.3, -0.25) is 9.59 Å². The van der Waals surface area contributed by atoms with Gasteiger partial charge in [0.25, 0.3) is 5.91 Å². The number of aromatic nitrogens is 1. The molecule has 5 nitrogen and oxygen atoms in total.